The fraction of sp³-hybridized carbons (Fsp3) is 1.00. The maximum absolute atomic E-state index is 3.57. The van der Waals surface area contributed by atoms with Crippen molar-refractivity contribution in [1.29, 1.82) is 0 Å². The number of piperazine rings is 1. The molecular weight excluding hydrogens is 234 g/mol. The monoisotopic (exact) mass is 267 g/mol. The highest BCUT2D eigenvalue weighted by Gasteiger charge is 2.40. The van der Waals surface area contributed by atoms with Gasteiger partial charge in [-0.05, 0) is 52.6 Å². The molecule has 2 aliphatic rings. The van der Waals surface area contributed by atoms with Gasteiger partial charge in [0.05, 0.1) is 0 Å². The standard InChI is InChI=1S/C16H33N3/c1-12-10-19(11-13(2)18(12)6)15-9-16(3,4)8-7-14(15)17-5/h12-15,17H,7-11H2,1-6H3. The van der Waals surface area contributed by atoms with Crippen molar-refractivity contribution in [3.05, 3.63) is 0 Å². The molecule has 2 rings (SSSR count). The summed E-state index contributed by atoms with van der Waals surface area (Å²) in [7, 11) is 4.41. The van der Waals surface area contributed by atoms with Gasteiger partial charge in [0, 0.05) is 37.3 Å². The minimum Gasteiger partial charge on any atom is -0.315 e. The van der Waals surface area contributed by atoms with Crippen molar-refractivity contribution in [1.82, 2.24) is 15.1 Å². The Bertz CT molecular complexity index is 290. The lowest BCUT2D eigenvalue weighted by molar-refractivity contribution is -0.00653. The average Bonchev–Trinajstić information content (AvgIpc) is 2.34. The molecule has 1 aliphatic carbocycles. The molecule has 1 heterocycles. The zero-order valence-electron chi connectivity index (χ0n) is 13.7. The molecule has 1 N–H and O–H groups in total. The highest BCUT2D eigenvalue weighted by Crippen LogP contribution is 2.38. The Morgan fingerprint density at radius 3 is 2.21 bits per heavy atom. The quantitative estimate of drug-likeness (QED) is 0.827. The molecule has 0 radical (unpaired) electrons. The second kappa shape index (κ2) is 5.71. The minimum atomic E-state index is 0.508. The molecule has 1 aliphatic heterocycles. The van der Waals surface area contributed by atoms with Gasteiger partial charge in [0.1, 0.15) is 0 Å². The van der Waals surface area contributed by atoms with Crippen LogP contribution in [0, 0.1) is 5.41 Å². The molecule has 0 spiro atoms. The molecule has 3 nitrogen and oxygen atoms in total. The lowest BCUT2D eigenvalue weighted by Gasteiger charge is -2.51. The summed E-state index contributed by atoms with van der Waals surface area (Å²) in [5.74, 6) is 0. The Morgan fingerprint density at radius 2 is 1.68 bits per heavy atom. The summed E-state index contributed by atoms with van der Waals surface area (Å²) >= 11 is 0. The van der Waals surface area contributed by atoms with Crippen LogP contribution < -0.4 is 5.32 Å². The number of nitrogens with one attached hydrogen (secondary N) is 1. The van der Waals surface area contributed by atoms with Gasteiger partial charge in [-0.15, -0.1) is 0 Å². The molecule has 0 aromatic rings. The van der Waals surface area contributed by atoms with Crippen molar-refractivity contribution in [3.63, 3.8) is 0 Å². The zero-order valence-corrected chi connectivity index (χ0v) is 13.7. The Morgan fingerprint density at radius 1 is 1.11 bits per heavy atom. The van der Waals surface area contributed by atoms with Crippen molar-refractivity contribution >= 4 is 0 Å². The first-order chi connectivity index (χ1) is 8.84. The summed E-state index contributed by atoms with van der Waals surface area (Å²) in [4.78, 5) is 5.29. The highest BCUT2D eigenvalue weighted by molar-refractivity contribution is 4.97. The lowest BCUT2D eigenvalue weighted by atomic mass is 9.72. The van der Waals surface area contributed by atoms with Crippen LogP contribution in [-0.2, 0) is 0 Å². The zero-order chi connectivity index (χ0) is 14.2. The number of rotatable bonds is 2. The van der Waals surface area contributed by atoms with Gasteiger partial charge in [0.2, 0.25) is 0 Å². The fourth-order valence-corrected chi connectivity index (χ4v) is 3.99. The molecule has 1 saturated heterocycles. The topological polar surface area (TPSA) is 18.5 Å². The van der Waals surface area contributed by atoms with E-state index in [1.807, 2.05) is 0 Å². The van der Waals surface area contributed by atoms with Crippen molar-refractivity contribution in [2.24, 2.45) is 5.41 Å². The Hall–Kier alpha value is -0.120. The van der Waals surface area contributed by atoms with E-state index in [1.54, 1.807) is 0 Å². The van der Waals surface area contributed by atoms with E-state index < -0.39 is 0 Å². The van der Waals surface area contributed by atoms with Gasteiger partial charge < -0.3 is 5.32 Å². The minimum absolute atomic E-state index is 0.508. The Kier molecular flexibility index (Phi) is 4.59. The first-order valence-electron chi connectivity index (χ1n) is 7.97. The number of likely N-dealkylation sites (N-methyl/N-ethyl adjacent to an activating group) is 2. The van der Waals surface area contributed by atoms with E-state index in [-0.39, 0.29) is 0 Å². The Balaban J connectivity index is 2.09. The van der Waals surface area contributed by atoms with Gasteiger partial charge in [-0.1, -0.05) is 13.8 Å². The van der Waals surface area contributed by atoms with E-state index in [2.05, 4.69) is 56.9 Å². The predicted octanol–water partition coefficient (Wildman–Crippen LogP) is 2.18. The summed E-state index contributed by atoms with van der Waals surface area (Å²) < 4.78 is 0. The van der Waals surface area contributed by atoms with Gasteiger partial charge in [0.25, 0.3) is 0 Å². The first kappa shape index (κ1) is 15.3. The number of hydrogen-bond acceptors (Lipinski definition) is 3. The van der Waals surface area contributed by atoms with Crippen LogP contribution in [0.2, 0.25) is 0 Å². The predicted molar refractivity (Wildman–Crippen MR) is 82.5 cm³/mol. The molecule has 4 unspecified atom stereocenters. The average molecular weight is 267 g/mol. The molecule has 0 aromatic heterocycles. The molecule has 2 fully saturated rings. The van der Waals surface area contributed by atoms with E-state index in [1.165, 1.54) is 32.4 Å². The van der Waals surface area contributed by atoms with Crippen molar-refractivity contribution < 1.29 is 0 Å². The van der Waals surface area contributed by atoms with Gasteiger partial charge >= 0.3 is 0 Å². The van der Waals surface area contributed by atoms with E-state index in [9.17, 15) is 0 Å². The molecular formula is C16H33N3. The van der Waals surface area contributed by atoms with Crippen molar-refractivity contribution in [3.8, 4) is 0 Å². The maximum Gasteiger partial charge on any atom is 0.0255 e. The summed E-state index contributed by atoms with van der Waals surface area (Å²) in [6.07, 6.45) is 4.01. The summed E-state index contributed by atoms with van der Waals surface area (Å²) in [6.45, 7) is 12.1. The second-order valence-corrected chi connectivity index (χ2v) is 7.69. The molecule has 3 heteroatoms. The van der Waals surface area contributed by atoms with E-state index >= 15 is 0 Å². The van der Waals surface area contributed by atoms with Crippen molar-refractivity contribution in [2.75, 3.05) is 27.2 Å². The number of hydrogen-bond donors (Lipinski definition) is 1. The largest absolute Gasteiger partial charge is 0.315 e. The van der Waals surface area contributed by atoms with Gasteiger partial charge in [-0.25, -0.2) is 0 Å². The molecule has 0 bridgehead atoms. The van der Waals surface area contributed by atoms with Gasteiger partial charge in [-0.3, -0.25) is 9.80 Å². The normalized spacial score (nSPS) is 41.4. The van der Waals surface area contributed by atoms with Crippen LogP contribution in [0.15, 0.2) is 0 Å². The maximum atomic E-state index is 3.57. The van der Waals surface area contributed by atoms with Crippen LogP contribution >= 0.6 is 0 Å². The van der Waals surface area contributed by atoms with Crippen molar-refractivity contribution in [2.45, 2.75) is 71.1 Å². The van der Waals surface area contributed by atoms with Crippen LogP contribution in [0.4, 0.5) is 0 Å². The van der Waals surface area contributed by atoms with E-state index in [0.717, 1.165) is 0 Å². The van der Waals surface area contributed by atoms with Crippen LogP contribution in [-0.4, -0.2) is 61.2 Å². The molecule has 4 atom stereocenters. The third-order valence-corrected chi connectivity index (χ3v) is 5.59. The summed E-state index contributed by atoms with van der Waals surface area (Å²) in [5.41, 5.74) is 0.508. The van der Waals surface area contributed by atoms with Gasteiger partial charge in [-0.2, -0.15) is 0 Å². The van der Waals surface area contributed by atoms with E-state index in [0.29, 0.717) is 29.6 Å². The highest BCUT2D eigenvalue weighted by atomic mass is 15.3. The van der Waals surface area contributed by atoms with Crippen LogP contribution in [0.3, 0.4) is 0 Å². The first-order valence-corrected chi connectivity index (χ1v) is 7.97. The SMILES string of the molecule is CNC1CCC(C)(C)CC1N1CC(C)N(C)C(C)C1. The Labute approximate surface area is 119 Å². The molecule has 19 heavy (non-hydrogen) atoms. The molecule has 0 amide bonds. The molecule has 112 valence electrons. The third kappa shape index (κ3) is 3.32. The van der Waals surface area contributed by atoms with Gasteiger partial charge in [0.15, 0.2) is 0 Å². The van der Waals surface area contributed by atoms with E-state index in [4.69, 9.17) is 0 Å². The fourth-order valence-electron chi connectivity index (χ4n) is 3.99. The van der Waals surface area contributed by atoms with Crippen LogP contribution in [0.25, 0.3) is 0 Å². The van der Waals surface area contributed by atoms with Crippen LogP contribution in [0.5, 0.6) is 0 Å². The summed E-state index contributed by atoms with van der Waals surface area (Å²) in [6, 6.07) is 2.74. The van der Waals surface area contributed by atoms with Crippen LogP contribution in [0.1, 0.15) is 47.0 Å². The smallest absolute Gasteiger partial charge is 0.0255 e. The second-order valence-electron chi connectivity index (χ2n) is 7.69. The number of nitrogens with zero attached hydrogens (tertiary/aromatic N) is 2. The lowest BCUT2D eigenvalue weighted by Crippen LogP contribution is -2.62. The third-order valence-electron chi connectivity index (χ3n) is 5.59. The molecule has 1 saturated carbocycles. The molecule has 0 aromatic carbocycles. The summed E-state index contributed by atoms with van der Waals surface area (Å²) in [5, 5.41) is 3.57.